The molecule has 3 amide bonds. The van der Waals surface area contributed by atoms with E-state index in [0.717, 1.165) is 16.7 Å². The topological polar surface area (TPSA) is 178 Å². The molecule has 15 nitrogen and oxygen atoms in total. The van der Waals surface area contributed by atoms with Gasteiger partial charge < -0.3 is 34.6 Å². The van der Waals surface area contributed by atoms with Crippen molar-refractivity contribution in [2.75, 3.05) is 45.7 Å². The van der Waals surface area contributed by atoms with Crippen LogP contribution >= 0.6 is 23.1 Å². The Labute approximate surface area is 349 Å². The molecule has 4 aromatic rings. The van der Waals surface area contributed by atoms with E-state index >= 15 is 0 Å². The number of amides is 3. The van der Waals surface area contributed by atoms with E-state index in [2.05, 4.69) is 15.8 Å². The highest BCUT2D eigenvalue weighted by molar-refractivity contribution is 8.00. The number of hydrogen-bond acceptors (Lipinski definition) is 14. The summed E-state index contributed by atoms with van der Waals surface area (Å²) in [5, 5.41) is 11.8. The number of ether oxygens (including phenoxy) is 3. The second-order valence-electron chi connectivity index (χ2n) is 14.6. The summed E-state index contributed by atoms with van der Waals surface area (Å²) in [7, 11) is 4.30. The lowest BCUT2D eigenvalue weighted by atomic mass is 9.77. The molecule has 1 saturated heterocycles. The summed E-state index contributed by atoms with van der Waals surface area (Å²) >= 11 is 2.52. The molecular formula is C42H44N6O9S2. The number of thiazole rings is 1. The molecule has 0 spiro atoms. The Hall–Kier alpha value is -6.20. The Bertz CT molecular complexity index is 2150. The Morgan fingerprint density at radius 3 is 1.98 bits per heavy atom. The van der Waals surface area contributed by atoms with E-state index in [9.17, 15) is 24.0 Å². The molecular weight excluding hydrogens is 797 g/mol. The quantitative estimate of drug-likeness (QED) is 0.0417. The minimum Gasteiger partial charge on any atom is -0.445 e. The number of nitrogens with one attached hydrogen (secondary N) is 2. The first kappa shape index (κ1) is 42.4. The number of thioether (sulfide) groups is 1. The standard InChI is InChI=1S/C42H44N6O9S2/c1-41(2,3)38(52)57-25-56-37(51)33-26(22-55-40(53)47(4)5)23-58-36-32(35(50)48(33)36)44-34(49)31(46-54-6)30-24-59-39(43-30)45-42(27-16-10-7-11-17-27,28-18-12-8-13-19-28)29-20-14-9-15-21-29/h7-21,24,32,36H,22-23,25H2,1-6H3,(H,43,45)(H,44,49)/t32?,36-/m1/s1. The Kier molecular flexibility index (Phi) is 13.1. The minimum atomic E-state index is -1.08. The first-order valence-corrected chi connectivity index (χ1v) is 20.4. The van der Waals surface area contributed by atoms with Gasteiger partial charge in [0, 0.05) is 30.8 Å². The number of fused-ring (bicyclic) bond motifs is 1. The summed E-state index contributed by atoms with van der Waals surface area (Å²) in [5.41, 5.74) is 1.29. The average molecular weight is 841 g/mol. The van der Waals surface area contributed by atoms with Crippen LogP contribution in [-0.4, -0.2) is 102 Å². The fourth-order valence-electron chi connectivity index (χ4n) is 6.37. The largest absolute Gasteiger partial charge is 0.445 e. The molecule has 6 rings (SSSR count). The highest BCUT2D eigenvalue weighted by Crippen LogP contribution is 2.42. The van der Waals surface area contributed by atoms with Crippen LogP contribution in [-0.2, 0) is 43.8 Å². The van der Waals surface area contributed by atoms with E-state index in [0.29, 0.717) is 10.7 Å². The first-order valence-electron chi connectivity index (χ1n) is 18.4. The molecule has 0 bridgehead atoms. The third kappa shape index (κ3) is 9.10. The van der Waals surface area contributed by atoms with Crippen molar-refractivity contribution < 1.29 is 43.0 Å². The molecule has 3 heterocycles. The van der Waals surface area contributed by atoms with Gasteiger partial charge in [-0.2, -0.15) is 0 Å². The molecule has 0 aliphatic carbocycles. The zero-order valence-electron chi connectivity index (χ0n) is 33.3. The van der Waals surface area contributed by atoms with Gasteiger partial charge >= 0.3 is 18.0 Å². The smallest absolute Gasteiger partial charge is 0.409 e. The number of oxime groups is 1. The van der Waals surface area contributed by atoms with E-state index in [1.807, 2.05) is 91.0 Å². The highest BCUT2D eigenvalue weighted by atomic mass is 32.2. The van der Waals surface area contributed by atoms with E-state index in [-0.39, 0.29) is 29.5 Å². The van der Waals surface area contributed by atoms with Crippen molar-refractivity contribution in [3.05, 3.63) is 130 Å². The van der Waals surface area contributed by atoms with Crippen LogP contribution < -0.4 is 10.6 Å². The summed E-state index contributed by atoms with van der Waals surface area (Å²) < 4.78 is 15.7. The Morgan fingerprint density at radius 2 is 1.46 bits per heavy atom. The van der Waals surface area contributed by atoms with Crippen molar-refractivity contribution in [2.24, 2.45) is 10.6 Å². The number of carbonyl (C=O) groups is 5. The van der Waals surface area contributed by atoms with E-state index in [1.165, 1.54) is 54.1 Å². The maximum atomic E-state index is 14.0. The average Bonchev–Trinajstić information content (AvgIpc) is 3.70. The molecule has 1 fully saturated rings. The number of β-lactam (4-membered cyclic amide) rings is 1. The lowest BCUT2D eigenvalue weighted by Crippen LogP contribution is -2.71. The van der Waals surface area contributed by atoms with Crippen molar-refractivity contribution in [3.8, 4) is 0 Å². The van der Waals surface area contributed by atoms with Gasteiger partial charge in [0.05, 0.1) is 5.41 Å². The van der Waals surface area contributed by atoms with E-state index in [1.54, 1.807) is 26.2 Å². The van der Waals surface area contributed by atoms with Crippen molar-refractivity contribution in [3.63, 3.8) is 0 Å². The lowest BCUT2D eigenvalue weighted by molar-refractivity contribution is -0.173. The van der Waals surface area contributed by atoms with Gasteiger partial charge in [-0.05, 0) is 37.5 Å². The van der Waals surface area contributed by atoms with Gasteiger partial charge in [0.2, 0.25) is 6.79 Å². The second-order valence-corrected chi connectivity index (χ2v) is 16.6. The highest BCUT2D eigenvalue weighted by Gasteiger charge is 2.55. The van der Waals surface area contributed by atoms with Gasteiger partial charge in [0.1, 0.15) is 42.1 Å². The van der Waals surface area contributed by atoms with Gasteiger partial charge in [-0.1, -0.05) is 96.2 Å². The van der Waals surface area contributed by atoms with Gasteiger partial charge in [-0.3, -0.25) is 19.3 Å². The number of hydrogen-bond donors (Lipinski definition) is 2. The van der Waals surface area contributed by atoms with Crippen LogP contribution in [0.5, 0.6) is 0 Å². The van der Waals surface area contributed by atoms with Crippen LogP contribution in [0.4, 0.5) is 9.93 Å². The zero-order valence-corrected chi connectivity index (χ0v) is 34.9. The van der Waals surface area contributed by atoms with Crippen molar-refractivity contribution in [1.82, 2.24) is 20.1 Å². The normalized spacial score (nSPS) is 16.6. The molecule has 3 aromatic carbocycles. The third-order valence-electron chi connectivity index (χ3n) is 9.31. The fourth-order valence-corrected chi connectivity index (χ4v) is 8.45. The van der Waals surface area contributed by atoms with Crippen molar-refractivity contribution in [1.29, 1.82) is 0 Å². The van der Waals surface area contributed by atoms with E-state index in [4.69, 9.17) is 24.0 Å². The van der Waals surface area contributed by atoms with Crippen LogP contribution in [0.15, 0.2) is 113 Å². The van der Waals surface area contributed by atoms with Crippen LogP contribution in [0, 0.1) is 5.41 Å². The Morgan fingerprint density at radius 1 is 0.881 bits per heavy atom. The third-order valence-corrected chi connectivity index (χ3v) is 11.4. The molecule has 0 radical (unpaired) electrons. The number of anilines is 1. The number of aromatic nitrogens is 1. The van der Waals surface area contributed by atoms with E-state index < -0.39 is 59.0 Å². The lowest BCUT2D eigenvalue weighted by Gasteiger charge is -2.49. The van der Waals surface area contributed by atoms with Crippen LogP contribution in [0.2, 0.25) is 0 Å². The molecule has 2 aliphatic rings. The van der Waals surface area contributed by atoms with Gasteiger partial charge in [-0.25, -0.2) is 14.6 Å². The van der Waals surface area contributed by atoms with Crippen molar-refractivity contribution >= 4 is 63.8 Å². The van der Waals surface area contributed by atoms with Crippen LogP contribution in [0.1, 0.15) is 43.2 Å². The number of esters is 2. The molecule has 17 heteroatoms. The van der Waals surface area contributed by atoms with Gasteiger partial charge in [-0.15, -0.1) is 23.1 Å². The molecule has 2 aliphatic heterocycles. The maximum absolute atomic E-state index is 14.0. The zero-order chi connectivity index (χ0) is 42.3. The van der Waals surface area contributed by atoms with Crippen LogP contribution in [0.25, 0.3) is 0 Å². The predicted molar refractivity (Wildman–Crippen MR) is 222 cm³/mol. The SMILES string of the molecule is CON=C(C(=O)NC1C(=O)N2C(C(=O)OCOC(=O)C(C)(C)C)=C(COC(=O)N(C)C)CS[C@H]12)c1csc(NC(c2ccccc2)(c2ccccc2)c2ccccc2)n1. The summed E-state index contributed by atoms with van der Waals surface area (Å²) in [5.74, 6) is -2.77. The molecule has 1 aromatic heterocycles. The number of nitrogens with zero attached hydrogens (tertiary/aromatic N) is 4. The summed E-state index contributed by atoms with van der Waals surface area (Å²) in [4.78, 5) is 78.0. The minimum absolute atomic E-state index is 0.153. The molecule has 2 atom stereocenters. The number of benzene rings is 3. The molecule has 2 N–H and O–H groups in total. The summed E-state index contributed by atoms with van der Waals surface area (Å²) in [6.07, 6.45) is -0.659. The van der Waals surface area contributed by atoms with Gasteiger partial charge in [0.15, 0.2) is 10.8 Å². The first-order chi connectivity index (χ1) is 28.3. The van der Waals surface area contributed by atoms with Crippen molar-refractivity contribution in [2.45, 2.75) is 37.7 Å². The molecule has 59 heavy (non-hydrogen) atoms. The maximum Gasteiger partial charge on any atom is 0.409 e. The predicted octanol–water partition coefficient (Wildman–Crippen LogP) is 5.34. The molecule has 308 valence electrons. The van der Waals surface area contributed by atoms with Gasteiger partial charge in [0.25, 0.3) is 11.8 Å². The monoisotopic (exact) mass is 840 g/mol. The number of rotatable bonds is 14. The molecule has 1 unspecified atom stereocenters. The number of carbonyl (C=O) groups excluding carboxylic acids is 5. The summed E-state index contributed by atoms with van der Waals surface area (Å²) in [6, 6.07) is 28.8. The fraction of sp³-hybridized carbons (Fsp3) is 0.310. The molecule has 0 saturated carbocycles. The van der Waals surface area contributed by atoms with Crippen LogP contribution in [0.3, 0.4) is 0 Å². The summed E-state index contributed by atoms with van der Waals surface area (Å²) in [6.45, 7) is 3.93. The Balaban J connectivity index is 1.23. The second kappa shape index (κ2) is 18.2.